The van der Waals surface area contributed by atoms with Crippen molar-refractivity contribution >= 4 is 77.1 Å². The second-order valence-electron chi connectivity index (χ2n) is 20.2. The smallest absolute Gasteiger partial charge is 0.321 e. The molecule has 4 atom stereocenters. The van der Waals surface area contributed by atoms with Crippen LogP contribution in [0.25, 0.3) is 0 Å². The van der Waals surface area contributed by atoms with E-state index in [1.165, 1.54) is 7.05 Å². The number of likely N-dealkylation sites (N-methyl/N-ethyl adjacent to an activating group) is 1. The zero-order valence-electron chi connectivity index (χ0n) is 47.3. The van der Waals surface area contributed by atoms with Gasteiger partial charge in [0.2, 0.25) is 23.6 Å². The number of rotatable bonds is 49. The Kier molecular flexibility index (Phi) is 44.9. The molecule has 0 spiro atoms. The lowest BCUT2D eigenvalue weighted by atomic mass is 9.78. The van der Waals surface area contributed by atoms with Crippen LogP contribution in [0.4, 0.5) is 0 Å². The lowest BCUT2D eigenvalue weighted by molar-refractivity contribution is -0.145. The number of hydrogen-bond acceptors (Lipinski definition) is 17. The molecule has 1 saturated heterocycles. The van der Waals surface area contributed by atoms with Gasteiger partial charge in [0.15, 0.2) is 5.78 Å². The number of carboxylic acid groups (broad SMARTS) is 3. The Morgan fingerprint density at radius 1 is 0.675 bits per heavy atom. The van der Waals surface area contributed by atoms with Gasteiger partial charge in [-0.3, -0.25) is 57.6 Å². The predicted octanol–water partition coefficient (Wildman–Crippen LogP) is 6.50. The topological polar surface area (TPSA) is 325 Å². The van der Waals surface area contributed by atoms with Crippen LogP contribution in [0.1, 0.15) is 188 Å². The van der Waals surface area contributed by atoms with E-state index in [0.29, 0.717) is 97.8 Å². The van der Waals surface area contributed by atoms with Gasteiger partial charge in [-0.25, -0.2) is 0 Å². The zero-order valence-corrected chi connectivity index (χ0v) is 48.1. The fourth-order valence-electron chi connectivity index (χ4n) is 9.00. The van der Waals surface area contributed by atoms with Gasteiger partial charge in [0, 0.05) is 89.3 Å². The summed E-state index contributed by atoms with van der Waals surface area (Å²) in [5.41, 5.74) is 0. The van der Waals surface area contributed by atoms with Gasteiger partial charge in [0.25, 0.3) is 6.47 Å². The number of Topliss-reactive ketones (excluding diaryl/α,β-unsaturated/α-hetero) is 3. The maximum atomic E-state index is 13.0. The molecule has 23 heteroatoms. The van der Waals surface area contributed by atoms with Crippen molar-refractivity contribution < 1.29 is 87.0 Å². The molecule has 2 rings (SSSR count). The van der Waals surface area contributed by atoms with Crippen molar-refractivity contribution in [3.05, 3.63) is 0 Å². The quantitative estimate of drug-likeness (QED) is 0.0215. The van der Waals surface area contributed by atoms with Crippen molar-refractivity contribution in [2.45, 2.75) is 206 Å². The highest BCUT2D eigenvalue weighted by Gasteiger charge is 2.39. The summed E-state index contributed by atoms with van der Waals surface area (Å²) in [5.74, 6) is -5.52. The van der Waals surface area contributed by atoms with E-state index in [2.05, 4.69) is 20.7 Å². The monoisotopic (exact) mass is 1160 g/mol. The summed E-state index contributed by atoms with van der Waals surface area (Å²) >= 11 is 1.16. The Bertz CT molecular complexity index is 1830. The first kappa shape index (κ1) is 75.2. The number of carbonyl (C=O) groups excluding carboxylic acids is 8. The van der Waals surface area contributed by atoms with E-state index < -0.39 is 47.1 Å². The van der Waals surface area contributed by atoms with Crippen molar-refractivity contribution in [3.8, 4) is 0 Å². The largest absolute Gasteiger partial charge is 0.481 e. The van der Waals surface area contributed by atoms with Gasteiger partial charge in [0.05, 0.1) is 50.2 Å². The summed E-state index contributed by atoms with van der Waals surface area (Å²) in [4.78, 5) is 132. The first-order valence-corrected chi connectivity index (χ1v) is 29.7. The fourth-order valence-corrected chi connectivity index (χ4v) is 10.3. The Balaban J connectivity index is 0.00000165. The minimum Gasteiger partial charge on any atom is -0.481 e. The second-order valence-corrected chi connectivity index (χ2v) is 21.4. The van der Waals surface area contributed by atoms with Gasteiger partial charge in [0.1, 0.15) is 17.6 Å². The summed E-state index contributed by atoms with van der Waals surface area (Å²) < 4.78 is 20.6. The first-order valence-electron chi connectivity index (χ1n) is 28.7. The highest BCUT2D eigenvalue weighted by Crippen LogP contribution is 2.31. The van der Waals surface area contributed by atoms with Crippen LogP contribution < -0.4 is 16.0 Å². The van der Waals surface area contributed by atoms with Crippen LogP contribution >= 0.6 is 11.8 Å². The minimum atomic E-state index is -1.15. The Morgan fingerprint density at radius 3 is 1.89 bits per heavy atom. The summed E-state index contributed by atoms with van der Waals surface area (Å²) in [6, 6.07) is -1.71. The number of aliphatic carboxylic acids is 3. The number of likely N-dealkylation sites (tertiary alicyclic amines) is 1. The fraction of sp³-hybridized carbons (Fsp3) is 0.807. The van der Waals surface area contributed by atoms with Crippen molar-refractivity contribution in [1.82, 2.24) is 20.9 Å². The standard InChI is InChI=1S/C35H58N2O10.C21H36N2O8S.CH4/c1-2-3-12-30(39)29(19-21-34(43)44)37-33(42)20-18-28(35(45)46)23-31(40)27-16-14-26(15-17-27)24-36-32(41)13-10-8-6-4-5-7-9-11-22-47-25-38;1-3-29-10-11-31-13-12-30-9-5-4-6-16(24)7-8-23-19(25)14-18(20(23)26)32-15-17(22-2)21(27)28;/h25-29H,2-24H2,1H3,(H,36,41)(H,37,42)(H,43,44)(H,45,46);17-18,22H,3-15H2,1-2H3,(H,27,28);1H4/t26?,27?,28-,29-;;/m0../s1. The molecule has 1 aliphatic carbocycles. The van der Waals surface area contributed by atoms with E-state index in [0.717, 1.165) is 93.7 Å². The predicted molar refractivity (Wildman–Crippen MR) is 302 cm³/mol. The normalized spacial score (nSPS) is 17.0. The van der Waals surface area contributed by atoms with Crippen LogP contribution in [0.3, 0.4) is 0 Å². The molecule has 0 radical (unpaired) electrons. The average molecular weight is 1160 g/mol. The van der Waals surface area contributed by atoms with Crippen molar-refractivity contribution in [3.63, 3.8) is 0 Å². The second kappa shape index (κ2) is 47.8. The van der Waals surface area contributed by atoms with Crippen LogP contribution in [0.5, 0.6) is 0 Å². The van der Waals surface area contributed by atoms with Crippen LogP contribution in [-0.2, 0) is 71.7 Å². The number of amides is 4. The number of hydrogen-bond donors (Lipinski definition) is 6. The van der Waals surface area contributed by atoms with Gasteiger partial charge < -0.3 is 50.2 Å². The molecule has 0 aromatic rings. The molecule has 2 unspecified atom stereocenters. The molecule has 2 aliphatic rings. The molecule has 1 saturated carbocycles. The highest BCUT2D eigenvalue weighted by molar-refractivity contribution is 8.00. The molecule has 6 N–H and O–H groups in total. The minimum absolute atomic E-state index is 0. The zero-order chi connectivity index (χ0) is 58.6. The molecule has 0 aromatic heterocycles. The maximum Gasteiger partial charge on any atom is 0.321 e. The number of unbranched alkanes of at least 4 members (excludes halogenated alkanes) is 9. The molecule has 0 bridgehead atoms. The van der Waals surface area contributed by atoms with E-state index in [1.54, 1.807) is 0 Å². The molecule has 4 amide bonds. The van der Waals surface area contributed by atoms with Crippen LogP contribution in [0.15, 0.2) is 0 Å². The van der Waals surface area contributed by atoms with E-state index in [9.17, 15) is 57.8 Å². The number of imide groups is 1. The molecular formula is C57H98N4O18S. The van der Waals surface area contributed by atoms with E-state index in [1.807, 2.05) is 13.8 Å². The summed E-state index contributed by atoms with van der Waals surface area (Å²) in [5, 5.41) is 35.4. The van der Waals surface area contributed by atoms with E-state index in [-0.39, 0.29) is 118 Å². The lowest BCUT2D eigenvalue weighted by Crippen LogP contribution is -2.41. The summed E-state index contributed by atoms with van der Waals surface area (Å²) in [7, 11) is 1.53. The lowest BCUT2D eigenvalue weighted by Gasteiger charge is -2.28. The molecular weight excluding hydrogens is 1060 g/mol. The molecule has 22 nitrogen and oxygen atoms in total. The third-order valence-electron chi connectivity index (χ3n) is 13.9. The first-order chi connectivity index (χ1) is 38.0. The van der Waals surface area contributed by atoms with Crippen LogP contribution in [0.2, 0.25) is 0 Å². The third-order valence-corrected chi connectivity index (χ3v) is 15.2. The van der Waals surface area contributed by atoms with Gasteiger partial charge in [-0.15, -0.1) is 11.8 Å². The number of thioether (sulfide) groups is 1. The van der Waals surface area contributed by atoms with Gasteiger partial charge in [-0.1, -0.05) is 59.3 Å². The van der Waals surface area contributed by atoms with Crippen LogP contribution in [-0.4, -0.2) is 175 Å². The Labute approximate surface area is 478 Å². The van der Waals surface area contributed by atoms with Gasteiger partial charge in [-0.2, -0.15) is 0 Å². The Hall–Kier alpha value is -4.84. The molecule has 80 heavy (non-hydrogen) atoms. The number of ketones is 3. The highest BCUT2D eigenvalue weighted by atomic mass is 32.2. The third kappa shape index (κ3) is 36.5. The van der Waals surface area contributed by atoms with Gasteiger partial charge in [-0.05, 0) is 90.5 Å². The van der Waals surface area contributed by atoms with Crippen molar-refractivity contribution in [2.24, 2.45) is 17.8 Å². The average Bonchev–Trinajstić information content (AvgIpc) is 3.69. The molecule has 2 fully saturated rings. The molecule has 0 aromatic carbocycles. The number of nitrogens with one attached hydrogen (secondary N) is 3. The number of carboxylic acids is 3. The number of nitrogens with zero attached hydrogens (tertiary/aromatic N) is 1. The number of carbonyl (C=O) groups is 11. The van der Waals surface area contributed by atoms with E-state index >= 15 is 0 Å². The summed E-state index contributed by atoms with van der Waals surface area (Å²) in [6.07, 6.45) is 14.6. The van der Waals surface area contributed by atoms with Gasteiger partial charge >= 0.3 is 17.9 Å². The SMILES string of the molecule is C.CCCCC(=O)[C@H](CCC(=O)O)NC(=O)CC[C@@H](CC(=O)C1CCC(CNC(=O)CCCCCCCCCCOC=O)CC1)C(=O)O.CCOCCOCCOCCCCC(=O)CCN1C(=O)CC(SCC(NC)C(=O)O)C1=O. The summed E-state index contributed by atoms with van der Waals surface area (Å²) in [6.45, 7) is 8.84. The van der Waals surface area contributed by atoms with Crippen molar-refractivity contribution in [1.29, 1.82) is 0 Å². The van der Waals surface area contributed by atoms with Crippen molar-refractivity contribution in [2.75, 3.05) is 72.1 Å². The molecule has 1 aliphatic heterocycles. The maximum absolute atomic E-state index is 13.0. The Morgan fingerprint density at radius 2 is 1.29 bits per heavy atom. The van der Waals surface area contributed by atoms with E-state index in [4.69, 9.17) is 24.4 Å². The van der Waals surface area contributed by atoms with Crippen LogP contribution in [0, 0.1) is 17.8 Å². The molecule has 460 valence electrons. The number of ether oxygens (including phenoxy) is 4. The molecule has 1 heterocycles.